The molecule has 0 bridgehead atoms. The van der Waals surface area contributed by atoms with Crippen molar-refractivity contribution in [2.24, 2.45) is 0 Å². The summed E-state index contributed by atoms with van der Waals surface area (Å²) in [4.78, 5) is 25.1. The second-order valence-corrected chi connectivity index (χ2v) is 4.03. The van der Waals surface area contributed by atoms with Gasteiger partial charge in [-0.05, 0) is 32.0 Å². The first-order valence-electron chi connectivity index (χ1n) is 6.01. The third kappa shape index (κ3) is 2.30. The van der Waals surface area contributed by atoms with Crippen LogP contribution in [0.3, 0.4) is 0 Å². The summed E-state index contributed by atoms with van der Waals surface area (Å²) in [6.07, 6.45) is 0. The molecule has 0 aliphatic carbocycles. The van der Waals surface area contributed by atoms with Crippen LogP contribution < -0.4 is 10.1 Å². The Bertz CT molecular complexity index is 481. The molecule has 1 aromatic carbocycles. The molecule has 5 heteroatoms. The van der Waals surface area contributed by atoms with Crippen LogP contribution in [0.25, 0.3) is 0 Å². The van der Waals surface area contributed by atoms with Gasteiger partial charge in [-0.15, -0.1) is 0 Å². The van der Waals surface area contributed by atoms with Crippen molar-refractivity contribution in [2.75, 3.05) is 25.0 Å². The van der Waals surface area contributed by atoms with Crippen LogP contribution in [0.5, 0.6) is 5.75 Å². The summed E-state index contributed by atoms with van der Waals surface area (Å²) in [5.74, 6) is 0.364. The topological polar surface area (TPSA) is 58.6 Å². The lowest BCUT2D eigenvalue weighted by atomic mass is 10.1. The molecule has 1 aliphatic heterocycles. The lowest BCUT2D eigenvalue weighted by Gasteiger charge is -2.21. The van der Waals surface area contributed by atoms with Gasteiger partial charge in [0.1, 0.15) is 5.75 Å². The van der Waals surface area contributed by atoms with Crippen LogP contribution in [0.4, 0.5) is 5.69 Å². The van der Waals surface area contributed by atoms with Crippen LogP contribution in [-0.4, -0.2) is 36.4 Å². The first-order valence-corrected chi connectivity index (χ1v) is 6.01. The highest BCUT2D eigenvalue weighted by Crippen LogP contribution is 2.28. The van der Waals surface area contributed by atoms with Gasteiger partial charge in [-0.2, -0.15) is 0 Å². The number of amides is 2. The van der Waals surface area contributed by atoms with Gasteiger partial charge in [0.15, 0.2) is 6.61 Å². The highest BCUT2D eigenvalue weighted by molar-refractivity contribution is 5.99. The van der Waals surface area contributed by atoms with Gasteiger partial charge in [0, 0.05) is 18.7 Å². The molecular formula is C13H16N2O3. The second kappa shape index (κ2) is 5.08. The molecule has 96 valence electrons. The van der Waals surface area contributed by atoms with E-state index in [9.17, 15) is 9.59 Å². The highest BCUT2D eigenvalue weighted by atomic mass is 16.5. The second-order valence-electron chi connectivity index (χ2n) is 4.03. The lowest BCUT2D eigenvalue weighted by molar-refractivity contribution is -0.118. The third-order valence-corrected chi connectivity index (χ3v) is 2.91. The zero-order valence-corrected chi connectivity index (χ0v) is 10.5. The summed E-state index contributed by atoms with van der Waals surface area (Å²) in [6, 6.07) is 5.09. The van der Waals surface area contributed by atoms with Crippen LogP contribution in [0, 0.1) is 0 Å². The summed E-state index contributed by atoms with van der Waals surface area (Å²) in [5.41, 5.74) is 1.12. The fourth-order valence-electron chi connectivity index (χ4n) is 1.91. The van der Waals surface area contributed by atoms with Crippen molar-refractivity contribution in [3.8, 4) is 5.75 Å². The molecule has 1 aromatic rings. The van der Waals surface area contributed by atoms with Crippen LogP contribution in [0.15, 0.2) is 18.2 Å². The van der Waals surface area contributed by atoms with Crippen LogP contribution in [0.1, 0.15) is 24.2 Å². The summed E-state index contributed by atoms with van der Waals surface area (Å²) < 4.78 is 5.25. The van der Waals surface area contributed by atoms with Crippen LogP contribution in [0.2, 0.25) is 0 Å². The number of carbonyl (C=O) groups excluding carboxylic acids is 2. The van der Waals surface area contributed by atoms with Gasteiger partial charge in [0.25, 0.3) is 11.8 Å². The van der Waals surface area contributed by atoms with Gasteiger partial charge in [-0.1, -0.05) is 0 Å². The molecule has 0 atom stereocenters. The van der Waals surface area contributed by atoms with Crippen molar-refractivity contribution >= 4 is 17.5 Å². The van der Waals surface area contributed by atoms with Gasteiger partial charge in [0.05, 0.1) is 5.69 Å². The minimum Gasteiger partial charge on any atom is -0.482 e. The zero-order chi connectivity index (χ0) is 13.1. The number of nitrogens with zero attached hydrogens (tertiary/aromatic N) is 1. The molecule has 2 rings (SSSR count). The number of hydrogen-bond acceptors (Lipinski definition) is 3. The normalized spacial score (nSPS) is 13.3. The molecule has 0 unspecified atom stereocenters. The molecule has 0 fully saturated rings. The van der Waals surface area contributed by atoms with E-state index < -0.39 is 0 Å². The Morgan fingerprint density at radius 2 is 2.11 bits per heavy atom. The first-order chi connectivity index (χ1) is 8.65. The molecular weight excluding hydrogens is 232 g/mol. The van der Waals surface area contributed by atoms with E-state index >= 15 is 0 Å². The molecule has 0 spiro atoms. The van der Waals surface area contributed by atoms with E-state index in [-0.39, 0.29) is 18.4 Å². The smallest absolute Gasteiger partial charge is 0.262 e. The Labute approximate surface area is 106 Å². The number of benzene rings is 1. The third-order valence-electron chi connectivity index (χ3n) is 2.91. The number of carbonyl (C=O) groups is 2. The minimum absolute atomic E-state index is 0.0241. The summed E-state index contributed by atoms with van der Waals surface area (Å²) >= 11 is 0. The molecule has 0 aromatic heterocycles. The van der Waals surface area contributed by atoms with Gasteiger partial charge >= 0.3 is 0 Å². The number of hydrogen-bond donors (Lipinski definition) is 1. The Morgan fingerprint density at radius 1 is 1.39 bits per heavy atom. The van der Waals surface area contributed by atoms with Crippen LogP contribution >= 0.6 is 0 Å². The van der Waals surface area contributed by atoms with E-state index in [4.69, 9.17) is 4.74 Å². The molecule has 1 aliphatic rings. The lowest BCUT2D eigenvalue weighted by Crippen LogP contribution is -2.31. The number of ether oxygens (including phenoxy) is 1. The molecule has 18 heavy (non-hydrogen) atoms. The zero-order valence-electron chi connectivity index (χ0n) is 10.5. The maximum absolute atomic E-state index is 12.1. The number of nitrogens with one attached hydrogen (secondary N) is 1. The van der Waals surface area contributed by atoms with Crippen molar-refractivity contribution in [3.63, 3.8) is 0 Å². The SMILES string of the molecule is CCN(CC)C(=O)c1ccc2c(c1)NC(=O)CO2. The van der Waals surface area contributed by atoms with E-state index in [2.05, 4.69) is 5.32 Å². The first kappa shape index (κ1) is 12.4. The predicted molar refractivity (Wildman–Crippen MR) is 67.8 cm³/mol. The minimum atomic E-state index is -0.199. The van der Waals surface area contributed by atoms with E-state index in [1.54, 1.807) is 23.1 Å². The maximum Gasteiger partial charge on any atom is 0.262 e. The Kier molecular flexibility index (Phi) is 3.50. The standard InChI is InChI=1S/C13H16N2O3/c1-3-15(4-2)13(17)9-5-6-11-10(7-9)14-12(16)8-18-11/h5-7H,3-4,8H2,1-2H3,(H,14,16). The fourth-order valence-corrected chi connectivity index (χ4v) is 1.91. The summed E-state index contributed by atoms with van der Waals surface area (Å²) in [7, 11) is 0. The number of anilines is 1. The van der Waals surface area contributed by atoms with Gasteiger partial charge in [0.2, 0.25) is 0 Å². The van der Waals surface area contributed by atoms with Gasteiger partial charge in [-0.3, -0.25) is 9.59 Å². The van der Waals surface area contributed by atoms with Crippen molar-refractivity contribution in [2.45, 2.75) is 13.8 Å². The fraction of sp³-hybridized carbons (Fsp3) is 0.385. The Hall–Kier alpha value is -2.04. The molecule has 5 nitrogen and oxygen atoms in total. The monoisotopic (exact) mass is 248 g/mol. The molecule has 0 radical (unpaired) electrons. The molecule has 2 amide bonds. The Morgan fingerprint density at radius 3 is 2.78 bits per heavy atom. The van der Waals surface area contributed by atoms with Crippen molar-refractivity contribution in [1.82, 2.24) is 4.90 Å². The number of fused-ring (bicyclic) bond motifs is 1. The van der Waals surface area contributed by atoms with Gasteiger partial charge in [-0.25, -0.2) is 0 Å². The van der Waals surface area contributed by atoms with E-state index in [1.807, 2.05) is 13.8 Å². The van der Waals surface area contributed by atoms with Gasteiger partial charge < -0.3 is 15.0 Å². The summed E-state index contributed by atoms with van der Waals surface area (Å²) in [5, 5.41) is 2.70. The van der Waals surface area contributed by atoms with Crippen molar-refractivity contribution in [3.05, 3.63) is 23.8 Å². The molecule has 0 saturated heterocycles. The van der Waals surface area contributed by atoms with E-state index in [0.29, 0.717) is 30.1 Å². The highest BCUT2D eigenvalue weighted by Gasteiger charge is 2.19. The number of rotatable bonds is 3. The summed E-state index contributed by atoms with van der Waals surface area (Å²) in [6.45, 7) is 5.22. The van der Waals surface area contributed by atoms with E-state index in [1.165, 1.54) is 0 Å². The molecule has 1 heterocycles. The van der Waals surface area contributed by atoms with Crippen molar-refractivity contribution in [1.29, 1.82) is 0 Å². The van der Waals surface area contributed by atoms with Crippen LogP contribution in [-0.2, 0) is 4.79 Å². The quantitative estimate of drug-likeness (QED) is 0.881. The average Bonchev–Trinajstić information content (AvgIpc) is 2.39. The largest absolute Gasteiger partial charge is 0.482 e. The Balaban J connectivity index is 2.28. The maximum atomic E-state index is 12.1. The van der Waals surface area contributed by atoms with E-state index in [0.717, 1.165) is 0 Å². The predicted octanol–water partition coefficient (Wildman–Crippen LogP) is 1.50. The molecule has 0 saturated carbocycles. The van der Waals surface area contributed by atoms with Crippen molar-refractivity contribution < 1.29 is 14.3 Å². The molecule has 1 N–H and O–H groups in total. The average molecular weight is 248 g/mol.